The van der Waals surface area contributed by atoms with E-state index in [4.69, 9.17) is 0 Å². The molecule has 1 amide bonds. The van der Waals surface area contributed by atoms with Crippen molar-refractivity contribution in [1.82, 2.24) is 4.98 Å². The van der Waals surface area contributed by atoms with Crippen molar-refractivity contribution in [3.8, 4) is 5.88 Å². The number of aromatic nitrogens is 1. The van der Waals surface area contributed by atoms with Crippen LogP contribution >= 0.6 is 11.3 Å². The number of aryl methyl sites for hydroxylation is 1. The number of carbonyl (C=O) groups is 1. The first-order valence-electron chi connectivity index (χ1n) is 7.99. The summed E-state index contributed by atoms with van der Waals surface area (Å²) >= 11 is 1.52. The molecular formula is C18H17N3O2S. The summed E-state index contributed by atoms with van der Waals surface area (Å²) in [5.74, 6) is 0.235. The number of rotatable bonds is 2. The first kappa shape index (κ1) is 15.1. The lowest BCUT2D eigenvalue weighted by atomic mass is 9.90. The molecule has 3 aromatic rings. The molecule has 2 aromatic heterocycles. The van der Waals surface area contributed by atoms with E-state index >= 15 is 0 Å². The van der Waals surface area contributed by atoms with Crippen molar-refractivity contribution in [2.24, 2.45) is 16.1 Å². The third kappa shape index (κ3) is 2.63. The Bertz CT molecular complexity index is 954. The van der Waals surface area contributed by atoms with E-state index < -0.39 is 0 Å². The monoisotopic (exact) mass is 339 g/mol. The summed E-state index contributed by atoms with van der Waals surface area (Å²) in [6.07, 6.45) is 3.24. The highest BCUT2D eigenvalue weighted by Gasteiger charge is 2.20. The van der Waals surface area contributed by atoms with Crippen LogP contribution in [0.2, 0.25) is 0 Å². The molecule has 6 heteroatoms. The van der Waals surface area contributed by atoms with E-state index in [0.29, 0.717) is 16.5 Å². The number of carbonyl (C=O) groups excluding carboxylic acids is 1. The fourth-order valence-corrected chi connectivity index (χ4v) is 4.26. The number of aromatic hydroxyl groups is 1. The van der Waals surface area contributed by atoms with E-state index in [2.05, 4.69) is 22.1 Å². The molecule has 0 aliphatic heterocycles. The van der Waals surface area contributed by atoms with Gasteiger partial charge in [0, 0.05) is 10.3 Å². The number of fused-ring (bicyclic) bond motifs is 2. The zero-order valence-corrected chi connectivity index (χ0v) is 14.1. The predicted molar refractivity (Wildman–Crippen MR) is 94.3 cm³/mol. The summed E-state index contributed by atoms with van der Waals surface area (Å²) in [6.45, 7) is 2.24. The first-order valence-corrected chi connectivity index (χ1v) is 8.81. The van der Waals surface area contributed by atoms with Crippen molar-refractivity contribution in [3.63, 3.8) is 0 Å². The SMILES string of the molecule is C[C@@H]1CCc2sc(C(=O)N=Nc3c(O)[nH]c4ccccc34)cc2C1. The van der Waals surface area contributed by atoms with Crippen LogP contribution < -0.4 is 0 Å². The van der Waals surface area contributed by atoms with Gasteiger partial charge in [-0.3, -0.25) is 4.79 Å². The minimum atomic E-state index is -0.355. The van der Waals surface area contributed by atoms with Crippen LogP contribution in [0.3, 0.4) is 0 Å². The van der Waals surface area contributed by atoms with E-state index in [1.807, 2.05) is 30.3 Å². The van der Waals surface area contributed by atoms with Crippen molar-refractivity contribution >= 4 is 33.8 Å². The normalized spacial score (nSPS) is 17.5. The lowest BCUT2D eigenvalue weighted by molar-refractivity contribution is 0.0999. The number of para-hydroxylation sites is 1. The van der Waals surface area contributed by atoms with Crippen LogP contribution in [-0.4, -0.2) is 16.0 Å². The molecule has 2 N–H and O–H groups in total. The molecular weight excluding hydrogens is 322 g/mol. The Kier molecular flexibility index (Phi) is 3.69. The van der Waals surface area contributed by atoms with Gasteiger partial charge in [-0.1, -0.05) is 25.1 Å². The molecule has 0 radical (unpaired) electrons. The highest BCUT2D eigenvalue weighted by Crippen LogP contribution is 2.36. The number of hydrogen-bond acceptors (Lipinski definition) is 4. The van der Waals surface area contributed by atoms with E-state index in [1.165, 1.54) is 28.2 Å². The van der Waals surface area contributed by atoms with Crippen LogP contribution in [0.4, 0.5) is 5.69 Å². The van der Waals surface area contributed by atoms with Crippen molar-refractivity contribution in [2.45, 2.75) is 26.2 Å². The number of nitrogens with zero attached hydrogens (tertiary/aromatic N) is 2. The second kappa shape index (κ2) is 5.87. The van der Waals surface area contributed by atoms with Gasteiger partial charge in [0.05, 0.1) is 10.4 Å². The highest BCUT2D eigenvalue weighted by molar-refractivity contribution is 7.14. The van der Waals surface area contributed by atoms with E-state index in [1.54, 1.807) is 0 Å². The Morgan fingerprint density at radius 1 is 1.38 bits per heavy atom. The van der Waals surface area contributed by atoms with Crippen molar-refractivity contribution in [3.05, 3.63) is 45.6 Å². The molecule has 0 bridgehead atoms. The molecule has 1 atom stereocenters. The zero-order chi connectivity index (χ0) is 16.7. The van der Waals surface area contributed by atoms with Crippen LogP contribution in [0.5, 0.6) is 5.88 Å². The second-order valence-corrected chi connectivity index (χ2v) is 7.42. The number of hydrogen-bond donors (Lipinski definition) is 2. The number of nitrogens with one attached hydrogen (secondary N) is 1. The van der Waals surface area contributed by atoms with Gasteiger partial charge >= 0.3 is 5.91 Å². The van der Waals surface area contributed by atoms with Gasteiger partial charge in [0.1, 0.15) is 0 Å². The number of azo groups is 1. The fraction of sp³-hybridized carbons (Fsp3) is 0.278. The van der Waals surface area contributed by atoms with Gasteiger partial charge in [0.15, 0.2) is 5.69 Å². The molecule has 1 aliphatic carbocycles. The van der Waals surface area contributed by atoms with E-state index in [0.717, 1.165) is 23.7 Å². The summed E-state index contributed by atoms with van der Waals surface area (Å²) < 4.78 is 0. The molecule has 4 rings (SSSR count). The van der Waals surface area contributed by atoms with Gasteiger partial charge in [0.25, 0.3) is 0 Å². The Hall–Kier alpha value is -2.47. The maximum Gasteiger partial charge on any atom is 0.305 e. The lowest BCUT2D eigenvalue weighted by Gasteiger charge is -2.16. The predicted octanol–water partition coefficient (Wildman–Crippen LogP) is 4.98. The highest BCUT2D eigenvalue weighted by atomic mass is 32.1. The average Bonchev–Trinajstić information content (AvgIpc) is 3.12. The van der Waals surface area contributed by atoms with Crippen LogP contribution in [0.15, 0.2) is 40.6 Å². The number of thiophene rings is 1. The zero-order valence-electron chi connectivity index (χ0n) is 13.2. The number of H-pyrrole nitrogens is 1. The Labute approximate surface area is 143 Å². The van der Waals surface area contributed by atoms with Gasteiger partial charge in [-0.25, -0.2) is 0 Å². The van der Waals surface area contributed by atoms with Gasteiger partial charge in [0.2, 0.25) is 5.88 Å². The lowest BCUT2D eigenvalue weighted by Crippen LogP contribution is -2.08. The fourth-order valence-electron chi connectivity index (χ4n) is 3.17. The molecule has 1 aliphatic rings. The molecule has 2 heterocycles. The van der Waals surface area contributed by atoms with Crippen LogP contribution in [0, 0.1) is 5.92 Å². The molecule has 0 saturated heterocycles. The van der Waals surface area contributed by atoms with Gasteiger partial charge in [-0.15, -0.1) is 21.6 Å². The summed E-state index contributed by atoms with van der Waals surface area (Å²) in [5, 5.41) is 18.5. The maximum absolute atomic E-state index is 12.3. The van der Waals surface area contributed by atoms with Gasteiger partial charge < -0.3 is 10.1 Å². The Balaban J connectivity index is 1.62. The maximum atomic E-state index is 12.3. The molecule has 1 aromatic carbocycles. The third-order valence-corrected chi connectivity index (χ3v) is 5.67. The summed E-state index contributed by atoms with van der Waals surface area (Å²) in [4.78, 5) is 17.1. The summed E-state index contributed by atoms with van der Waals surface area (Å²) in [7, 11) is 0. The number of aromatic amines is 1. The van der Waals surface area contributed by atoms with E-state index in [9.17, 15) is 9.90 Å². The largest absolute Gasteiger partial charge is 0.493 e. The molecule has 0 saturated carbocycles. The topological polar surface area (TPSA) is 77.8 Å². The van der Waals surface area contributed by atoms with Crippen molar-refractivity contribution < 1.29 is 9.90 Å². The Morgan fingerprint density at radius 3 is 3.08 bits per heavy atom. The van der Waals surface area contributed by atoms with Crippen molar-refractivity contribution in [2.75, 3.05) is 0 Å². The first-order chi connectivity index (χ1) is 11.6. The molecule has 0 spiro atoms. The quantitative estimate of drug-likeness (QED) is 0.646. The van der Waals surface area contributed by atoms with Crippen molar-refractivity contribution in [1.29, 1.82) is 0 Å². The summed E-state index contributed by atoms with van der Waals surface area (Å²) in [6, 6.07) is 9.33. The van der Waals surface area contributed by atoms with Crippen LogP contribution in [0.25, 0.3) is 10.9 Å². The minimum Gasteiger partial charge on any atom is -0.493 e. The smallest absolute Gasteiger partial charge is 0.305 e. The van der Waals surface area contributed by atoms with E-state index in [-0.39, 0.29) is 11.8 Å². The van der Waals surface area contributed by atoms with Crippen LogP contribution in [0.1, 0.15) is 33.5 Å². The average molecular weight is 339 g/mol. The molecule has 122 valence electrons. The second-order valence-electron chi connectivity index (χ2n) is 6.28. The van der Waals surface area contributed by atoms with Crippen LogP contribution in [-0.2, 0) is 12.8 Å². The molecule has 5 nitrogen and oxygen atoms in total. The third-order valence-electron chi connectivity index (χ3n) is 4.44. The Morgan fingerprint density at radius 2 is 2.21 bits per heavy atom. The molecule has 0 fully saturated rings. The standard InChI is InChI=1S/C18H17N3O2S/c1-10-6-7-14-11(8-10)9-15(24-14)17(22)21-20-16-12-4-2-3-5-13(12)19-18(16)23/h2-5,9-10,19,23H,6-8H2,1H3/t10-/m1/s1. The minimum absolute atomic E-state index is 0.0768. The van der Waals surface area contributed by atoms with Gasteiger partial charge in [-0.05, 0) is 42.9 Å². The number of benzene rings is 1. The molecule has 24 heavy (non-hydrogen) atoms. The molecule has 0 unspecified atom stereocenters. The van der Waals surface area contributed by atoms with Gasteiger partial charge in [-0.2, -0.15) is 0 Å². The summed E-state index contributed by atoms with van der Waals surface area (Å²) in [5.41, 5.74) is 2.33. The number of amides is 1.